The molecule has 1 saturated carbocycles. The van der Waals surface area contributed by atoms with Crippen molar-refractivity contribution in [3.8, 4) is 17.2 Å². The predicted molar refractivity (Wildman–Crippen MR) is 121 cm³/mol. The van der Waals surface area contributed by atoms with Gasteiger partial charge in [0.05, 0.1) is 30.6 Å². The highest BCUT2D eigenvalue weighted by molar-refractivity contribution is 6.12. The molecule has 2 atom stereocenters. The highest BCUT2D eigenvalue weighted by atomic mass is 16.6. The van der Waals surface area contributed by atoms with E-state index in [1.807, 2.05) is 18.2 Å². The molecule has 1 aromatic heterocycles. The first-order chi connectivity index (χ1) is 16.0. The lowest BCUT2D eigenvalue weighted by atomic mass is 9.96. The molecule has 2 unspecified atom stereocenters. The average molecular weight is 447 g/mol. The minimum Gasteiger partial charge on any atom is -0.496 e. The number of amides is 1. The van der Waals surface area contributed by atoms with E-state index in [0.717, 1.165) is 16.7 Å². The Morgan fingerprint density at radius 2 is 2.06 bits per heavy atom. The molecule has 0 spiro atoms. The highest BCUT2D eigenvalue weighted by Crippen LogP contribution is 2.43. The Hall–Kier alpha value is -3.39. The number of aliphatic hydroxyl groups excluding tert-OH is 1. The van der Waals surface area contributed by atoms with Crippen LogP contribution in [0.2, 0.25) is 0 Å². The number of carbonyl (C=O) groups excluding carboxylic acids is 1. The van der Waals surface area contributed by atoms with Gasteiger partial charge in [0.15, 0.2) is 11.5 Å². The lowest BCUT2D eigenvalue weighted by Crippen LogP contribution is -2.38. The van der Waals surface area contributed by atoms with Crippen LogP contribution in [0.1, 0.15) is 47.4 Å². The Balaban J connectivity index is 1.40. The topological polar surface area (TPSA) is 94.0 Å². The number of aliphatic hydroxyl groups is 1. The van der Waals surface area contributed by atoms with Gasteiger partial charge >= 0.3 is 0 Å². The first-order valence-corrected chi connectivity index (χ1v) is 11.3. The summed E-state index contributed by atoms with van der Waals surface area (Å²) >= 11 is 0. The quantitative estimate of drug-likeness (QED) is 0.655. The number of fused-ring (bicyclic) bond motifs is 3. The normalized spacial score (nSPS) is 20.5. The zero-order valence-corrected chi connectivity index (χ0v) is 18.6. The van der Waals surface area contributed by atoms with Crippen LogP contribution in [-0.2, 0) is 6.42 Å². The summed E-state index contributed by atoms with van der Waals surface area (Å²) in [5.74, 6) is 2.34. The summed E-state index contributed by atoms with van der Waals surface area (Å²) in [5, 5.41) is 19.3. The number of benzene rings is 2. The fourth-order valence-electron chi connectivity index (χ4n) is 4.80. The zero-order chi connectivity index (χ0) is 22.7. The van der Waals surface area contributed by atoms with E-state index < -0.39 is 6.10 Å². The standard InChI is InChI=1S/C25H25N3O5/c1-13(29)16-8-18-19(10-21(16)31-2)27-26-11-20(18)28-6-5-15-7-22-23(9-17(15)25(28)30)33-24(12-32-22)14-3-4-14/h7-11,13-14,24,29H,3-6,12H2,1-2H3. The van der Waals surface area contributed by atoms with Crippen LogP contribution in [0, 0.1) is 5.92 Å². The number of methoxy groups -OCH3 is 1. The fraction of sp³-hybridized carbons (Fsp3) is 0.400. The molecule has 3 heterocycles. The van der Waals surface area contributed by atoms with Crippen molar-refractivity contribution < 1.29 is 24.1 Å². The van der Waals surface area contributed by atoms with Crippen molar-refractivity contribution in [1.29, 1.82) is 0 Å². The first-order valence-electron chi connectivity index (χ1n) is 11.3. The van der Waals surface area contributed by atoms with E-state index in [9.17, 15) is 9.90 Å². The Bertz CT molecular complexity index is 1270. The number of aromatic nitrogens is 2. The fourth-order valence-corrected chi connectivity index (χ4v) is 4.80. The molecule has 8 nitrogen and oxygen atoms in total. The summed E-state index contributed by atoms with van der Waals surface area (Å²) in [4.78, 5) is 15.4. The second kappa shape index (κ2) is 7.59. The van der Waals surface area contributed by atoms with Crippen LogP contribution < -0.4 is 19.1 Å². The van der Waals surface area contributed by atoms with Crippen molar-refractivity contribution in [3.63, 3.8) is 0 Å². The minimum atomic E-state index is -0.730. The SMILES string of the molecule is COc1cc2nncc(N3CCc4cc5c(cc4C3=O)OC(C3CC3)CO5)c2cc1C(C)O. The van der Waals surface area contributed by atoms with Crippen molar-refractivity contribution in [3.05, 3.63) is 47.2 Å². The molecule has 33 heavy (non-hydrogen) atoms. The molecule has 170 valence electrons. The van der Waals surface area contributed by atoms with Gasteiger partial charge in [0.1, 0.15) is 18.5 Å². The van der Waals surface area contributed by atoms with Crippen molar-refractivity contribution in [2.45, 2.75) is 38.4 Å². The lowest BCUT2D eigenvalue weighted by molar-refractivity contribution is 0.0751. The minimum absolute atomic E-state index is 0.0626. The van der Waals surface area contributed by atoms with E-state index in [-0.39, 0.29) is 12.0 Å². The van der Waals surface area contributed by atoms with Crippen LogP contribution in [0.15, 0.2) is 30.5 Å². The van der Waals surface area contributed by atoms with Crippen LogP contribution in [0.4, 0.5) is 5.69 Å². The zero-order valence-electron chi connectivity index (χ0n) is 18.6. The third kappa shape index (κ3) is 3.36. The number of ether oxygens (including phenoxy) is 3. The van der Waals surface area contributed by atoms with Crippen molar-refractivity contribution in [2.24, 2.45) is 5.92 Å². The third-order valence-corrected chi connectivity index (χ3v) is 6.79. The van der Waals surface area contributed by atoms with Crippen LogP contribution >= 0.6 is 0 Å². The maximum Gasteiger partial charge on any atom is 0.258 e. The van der Waals surface area contributed by atoms with Crippen molar-refractivity contribution in [2.75, 3.05) is 25.2 Å². The van der Waals surface area contributed by atoms with E-state index in [4.69, 9.17) is 14.2 Å². The van der Waals surface area contributed by atoms with Gasteiger partial charge < -0.3 is 24.2 Å². The molecule has 0 radical (unpaired) electrons. The molecular formula is C25H25N3O5. The number of nitrogens with zero attached hydrogens (tertiary/aromatic N) is 3. The molecule has 3 aromatic rings. The van der Waals surface area contributed by atoms with E-state index in [2.05, 4.69) is 10.2 Å². The summed E-state index contributed by atoms with van der Waals surface area (Å²) in [6.45, 7) is 2.76. The first kappa shape index (κ1) is 20.2. The number of hydrogen-bond acceptors (Lipinski definition) is 7. The smallest absolute Gasteiger partial charge is 0.258 e. The van der Waals surface area contributed by atoms with Gasteiger partial charge in [-0.05, 0) is 55.9 Å². The Kier molecular flexibility index (Phi) is 4.65. The van der Waals surface area contributed by atoms with Crippen molar-refractivity contribution in [1.82, 2.24) is 10.2 Å². The second-order valence-corrected chi connectivity index (χ2v) is 8.98. The molecule has 1 aliphatic carbocycles. The van der Waals surface area contributed by atoms with Gasteiger partial charge in [0.25, 0.3) is 5.91 Å². The molecule has 2 aromatic carbocycles. The highest BCUT2D eigenvalue weighted by Gasteiger charge is 2.37. The molecule has 0 saturated heterocycles. The number of anilines is 1. The summed E-state index contributed by atoms with van der Waals surface area (Å²) in [6, 6.07) is 7.35. The Morgan fingerprint density at radius 3 is 2.82 bits per heavy atom. The predicted octanol–water partition coefficient (Wildman–Crippen LogP) is 3.44. The molecule has 8 heteroatoms. The molecular weight excluding hydrogens is 422 g/mol. The molecule has 1 amide bonds. The Morgan fingerprint density at radius 1 is 1.21 bits per heavy atom. The second-order valence-electron chi connectivity index (χ2n) is 8.98. The summed E-state index contributed by atoms with van der Waals surface area (Å²) < 4.78 is 17.6. The summed E-state index contributed by atoms with van der Waals surface area (Å²) in [5.41, 5.74) is 3.47. The van der Waals surface area contributed by atoms with E-state index in [0.29, 0.717) is 59.3 Å². The van der Waals surface area contributed by atoms with Gasteiger partial charge in [-0.25, -0.2) is 0 Å². The van der Waals surface area contributed by atoms with Gasteiger partial charge in [0, 0.05) is 29.1 Å². The van der Waals surface area contributed by atoms with Gasteiger partial charge in [-0.15, -0.1) is 0 Å². The molecule has 3 aliphatic rings. The maximum absolute atomic E-state index is 13.6. The van der Waals surface area contributed by atoms with Crippen LogP contribution in [0.3, 0.4) is 0 Å². The van der Waals surface area contributed by atoms with Gasteiger partial charge in [-0.1, -0.05) is 0 Å². The van der Waals surface area contributed by atoms with Gasteiger partial charge in [-0.2, -0.15) is 10.2 Å². The molecule has 6 rings (SSSR count). The third-order valence-electron chi connectivity index (χ3n) is 6.79. The Labute approximate surface area is 191 Å². The number of hydrogen-bond donors (Lipinski definition) is 1. The van der Waals surface area contributed by atoms with Gasteiger partial charge in [0.2, 0.25) is 0 Å². The van der Waals surface area contributed by atoms with E-state index in [1.54, 1.807) is 31.2 Å². The molecule has 0 bridgehead atoms. The monoisotopic (exact) mass is 447 g/mol. The van der Waals surface area contributed by atoms with Gasteiger partial charge in [-0.3, -0.25) is 4.79 Å². The lowest BCUT2D eigenvalue weighted by Gasteiger charge is -2.32. The van der Waals surface area contributed by atoms with E-state index >= 15 is 0 Å². The van der Waals surface area contributed by atoms with Crippen molar-refractivity contribution >= 4 is 22.5 Å². The summed E-state index contributed by atoms with van der Waals surface area (Å²) in [7, 11) is 1.55. The maximum atomic E-state index is 13.6. The molecule has 1 fully saturated rings. The van der Waals surface area contributed by atoms with Crippen LogP contribution in [0.25, 0.3) is 10.9 Å². The molecule has 2 aliphatic heterocycles. The largest absolute Gasteiger partial charge is 0.496 e. The number of carbonyl (C=O) groups is 1. The van der Waals surface area contributed by atoms with Crippen LogP contribution in [0.5, 0.6) is 17.2 Å². The average Bonchev–Trinajstić information content (AvgIpc) is 3.67. The van der Waals surface area contributed by atoms with Crippen LogP contribution in [-0.4, -0.2) is 47.6 Å². The van der Waals surface area contributed by atoms with E-state index in [1.165, 1.54) is 12.8 Å². The summed E-state index contributed by atoms with van der Waals surface area (Å²) in [6.07, 6.45) is 3.96. The molecule has 1 N–H and O–H groups in total. The number of rotatable bonds is 4.